The highest BCUT2D eigenvalue weighted by Gasteiger charge is 2.06. The van der Waals surface area contributed by atoms with Crippen molar-refractivity contribution in [2.75, 3.05) is 6.61 Å². The number of para-hydroxylation sites is 1. The molecule has 1 aromatic carbocycles. The molecule has 1 aromatic rings. The Bertz CT molecular complexity index is 310. The zero-order chi connectivity index (χ0) is 10.4. The number of carbonyl (C=O) groups excluding carboxylic acids is 1. The molecule has 0 N–H and O–H groups in total. The summed E-state index contributed by atoms with van der Waals surface area (Å²) in [6.45, 7) is 2.75. The summed E-state index contributed by atoms with van der Waals surface area (Å²) in [5.41, 5.74) is 0.593. The normalized spacial score (nSPS) is 9.86. The minimum atomic E-state index is 0.593. The highest BCUT2D eigenvalue weighted by atomic mass is 79.9. The fraction of sp³-hybridized carbons (Fsp3) is 0.364. The predicted octanol–water partition coefficient (Wildman–Crippen LogP) is 3.44. The van der Waals surface area contributed by atoms with Crippen molar-refractivity contribution in [2.24, 2.45) is 0 Å². The molecule has 0 aromatic heterocycles. The molecule has 0 bridgehead atoms. The van der Waals surface area contributed by atoms with E-state index in [1.807, 2.05) is 12.1 Å². The van der Waals surface area contributed by atoms with Crippen molar-refractivity contribution in [3.8, 4) is 5.75 Å². The molecule has 0 fully saturated rings. The van der Waals surface area contributed by atoms with Gasteiger partial charge in [-0.2, -0.15) is 0 Å². The lowest BCUT2D eigenvalue weighted by atomic mass is 10.2. The zero-order valence-electron chi connectivity index (χ0n) is 8.13. The Labute approximate surface area is 92.4 Å². The van der Waals surface area contributed by atoms with Crippen LogP contribution < -0.4 is 4.74 Å². The summed E-state index contributed by atoms with van der Waals surface area (Å²) in [6.07, 6.45) is 2.90. The average molecular weight is 257 g/mol. The molecule has 0 aliphatic carbocycles. The minimum absolute atomic E-state index is 0.593. The second-order valence-electron chi connectivity index (χ2n) is 2.98. The van der Waals surface area contributed by atoms with Crippen LogP contribution >= 0.6 is 15.9 Å². The standard InChI is InChI=1S/C11H13BrO2/c1-2-3-7-14-11-9(8-13)5-4-6-10(11)12/h4-6,8H,2-3,7H2,1H3. The Balaban J connectivity index is 2.77. The van der Waals surface area contributed by atoms with Crippen molar-refractivity contribution >= 4 is 22.2 Å². The second kappa shape index (κ2) is 5.81. The van der Waals surface area contributed by atoms with E-state index in [1.165, 1.54) is 0 Å². The SMILES string of the molecule is CCCCOc1c(Br)cccc1C=O. The van der Waals surface area contributed by atoms with Crippen LogP contribution in [0.15, 0.2) is 22.7 Å². The highest BCUT2D eigenvalue weighted by molar-refractivity contribution is 9.10. The third-order valence-electron chi connectivity index (χ3n) is 1.87. The number of ether oxygens (including phenoxy) is 1. The van der Waals surface area contributed by atoms with Gasteiger partial charge in [0.15, 0.2) is 6.29 Å². The third kappa shape index (κ3) is 2.84. The van der Waals surface area contributed by atoms with Crippen LogP contribution in [0.2, 0.25) is 0 Å². The molecule has 14 heavy (non-hydrogen) atoms. The third-order valence-corrected chi connectivity index (χ3v) is 2.49. The van der Waals surface area contributed by atoms with Crippen LogP contribution in [0.4, 0.5) is 0 Å². The Hall–Kier alpha value is -0.830. The van der Waals surface area contributed by atoms with E-state index in [-0.39, 0.29) is 0 Å². The van der Waals surface area contributed by atoms with Gasteiger partial charge in [-0.1, -0.05) is 19.4 Å². The number of unbranched alkanes of at least 4 members (excludes halogenated alkanes) is 1. The lowest BCUT2D eigenvalue weighted by Crippen LogP contribution is -2.00. The summed E-state index contributed by atoms with van der Waals surface area (Å²) in [5, 5.41) is 0. The molecule has 0 spiro atoms. The smallest absolute Gasteiger partial charge is 0.153 e. The largest absolute Gasteiger partial charge is 0.492 e. The zero-order valence-corrected chi connectivity index (χ0v) is 9.71. The van der Waals surface area contributed by atoms with E-state index in [0.717, 1.165) is 23.6 Å². The summed E-state index contributed by atoms with van der Waals surface area (Å²) < 4.78 is 6.35. The minimum Gasteiger partial charge on any atom is -0.492 e. The van der Waals surface area contributed by atoms with Gasteiger partial charge >= 0.3 is 0 Å². The number of hydrogen-bond acceptors (Lipinski definition) is 2. The summed E-state index contributed by atoms with van der Waals surface area (Å²) in [5.74, 6) is 0.649. The molecule has 0 heterocycles. The van der Waals surface area contributed by atoms with Crippen molar-refractivity contribution in [3.63, 3.8) is 0 Å². The van der Waals surface area contributed by atoms with E-state index in [2.05, 4.69) is 22.9 Å². The maximum absolute atomic E-state index is 10.7. The first-order chi connectivity index (χ1) is 6.79. The molecular formula is C11H13BrO2. The summed E-state index contributed by atoms with van der Waals surface area (Å²) in [6, 6.07) is 5.44. The number of halogens is 1. The summed E-state index contributed by atoms with van der Waals surface area (Å²) >= 11 is 3.36. The molecule has 3 heteroatoms. The van der Waals surface area contributed by atoms with Gasteiger partial charge in [-0.3, -0.25) is 4.79 Å². The van der Waals surface area contributed by atoms with Crippen LogP contribution in [0.5, 0.6) is 5.75 Å². The van der Waals surface area contributed by atoms with Gasteiger partial charge in [0.1, 0.15) is 5.75 Å². The Morgan fingerprint density at radius 2 is 2.29 bits per heavy atom. The summed E-state index contributed by atoms with van der Waals surface area (Å²) in [7, 11) is 0. The van der Waals surface area contributed by atoms with Crippen LogP contribution in [0.25, 0.3) is 0 Å². The van der Waals surface area contributed by atoms with Crippen molar-refractivity contribution in [1.29, 1.82) is 0 Å². The Morgan fingerprint density at radius 3 is 2.93 bits per heavy atom. The van der Waals surface area contributed by atoms with E-state index < -0.39 is 0 Å². The van der Waals surface area contributed by atoms with Crippen molar-refractivity contribution in [3.05, 3.63) is 28.2 Å². The average Bonchev–Trinajstić information content (AvgIpc) is 2.20. The molecule has 0 atom stereocenters. The van der Waals surface area contributed by atoms with Gasteiger partial charge in [-0.05, 0) is 34.5 Å². The molecule has 0 radical (unpaired) electrons. The van der Waals surface area contributed by atoms with Crippen LogP contribution in [0.1, 0.15) is 30.1 Å². The maximum Gasteiger partial charge on any atom is 0.153 e. The molecule has 0 aliphatic rings. The van der Waals surface area contributed by atoms with Gasteiger partial charge in [0.2, 0.25) is 0 Å². The predicted molar refractivity (Wildman–Crippen MR) is 59.9 cm³/mol. The fourth-order valence-electron chi connectivity index (χ4n) is 1.09. The number of hydrogen-bond donors (Lipinski definition) is 0. The van der Waals surface area contributed by atoms with Crippen molar-refractivity contribution < 1.29 is 9.53 Å². The molecule has 0 amide bonds. The van der Waals surface area contributed by atoms with Gasteiger partial charge in [0, 0.05) is 0 Å². The first-order valence-corrected chi connectivity index (χ1v) is 5.45. The van der Waals surface area contributed by atoms with Crippen LogP contribution in [0.3, 0.4) is 0 Å². The Kier molecular flexibility index (Phi) is 4.66. The lowest BCUT2D eigenvalue weighted by molar-refractivity contribution is 0.111. The van der Waals surface area contributed by atoms with Crippen molar-refractivity contribution in [2.45, 2.75) is 19.8 Å². The van der Waals surface area contributed by atoms with E-state index >= 15 is 0 Å². The maximum atomic E-state index is 10.7. The molecule has 76 valence electrons. The first-order valence-electron chi connectivity index (χ1n) is 4.66. The van der Waals surface area contributed by atoms with Gasteiger partial charge < -0.3 is 4.74 Å². The van der Waals surface area contributed by atoms with Gasteiger partial charge in [0.05, 0.1) is 16.6 Å². The molecule has 0 saturated heterocycles. The van der Waals surface area contributed by atoms with E-state index in [4.69, 9.17) is 4.74 Å². The molecule has 0 saturated carbocycles. The van der Waals surface area contributed by atoms with Crippen molar-refractivity contribution in [1.82, 2.24) is 0 Å². The van der Waals surface area contributed by atoms with Crippen LogP contribution in [-0.4, -0.2) is 12.9 Å². The molecule has 1 rings (SSSR count). The van der Waals surface area contributed by atoms with E-state index in [9.17, 15) is 4.79 Å². The quantitative estimate of drug-likeness (QED) is 0.596. The number of carbonyl (C=O) groups is 1. The number of benzene rings is 1. The van der Waals surface area contributed by atoms with E-state index in [1.54, 1.807) is 6.07 Å². The molecule has 0 unspecified atom stereocenters. The molecule has 0 aliphatic heterocycles. The number of aldehydes is 1. The summed E-state index contributed by atoms with van der Waals surface area (Å²) in [4.78, 5) is 10.7. The Morgan fingerprint density at radius 1 is 1.50 bits per heavy atom. The number of rotatable bonds is 5. The van der Waals surface area contributed by atoms with Gasteiger partial charge in [0.25, 0.3) is 0 Å². The fourth-order valence-corrected chi connectivity index (χ4v) is 1.59. The lowest BCUT2D eigenvalue weighted by Gasteiger charge is -2.09. The topological polar surface area (TPSA) is 26.3 Å². The second-order valence-corrected chi connectivity index (χ2v) is 3.83. The highest BCUT2D eigenvalue weighted by Crippen LogP contribution is 2.27. The molecular weight excluding hydrogens is 244 g/mol. The van der Waals surface area contributed by atoms with Crippen LogP contribution in [-0.2, 0) is 0 Å². The van der Waals surface area contributed by atoms with E-state index in [0.29, 0.717) is 17.9 Å². The van der Waals surface area contributed by atoms with Gasteiger partial charge in [-0.25, -0.2) is 0 Å². The first kappa shape index (κ1) is 11.2. The van der Waals surface area contributed by atoms with Crippen LogP contribution in [0, 0.1) is 0 Å². The molecule has 2 nitrogen and oxygen atoms in total. The van der Waals surface area contributed by atoms with Gasteiger partial charge in [-0.15, -0.1) is 0 Å². The monoisotopic (exact) mass is 256 g/mol.